The van der Waals surface area contributed by atoms with Gasteiger partial charge in [0.1, 0.15) is 16.6 Å². The van der Waals surface area contributed by atoms with Gasteiger partial charge in [-0.05, 0) is 85.3 Å². The molecule has 2 aromatic heterocycles. The second-order valence-electron chi connectivity index (χ2n) is 10.3. The van der Waals surface area contributed by atoms with Crippen molar-refractivity contribution in [3.63, 3.8) is 0 Å². The number of benzene rings is 3. The average Bonchev–Trinajstić information content (AvgIpc) is 3.64. The molecule has 2 N–H and O–H groups in total. The molecule has 3 aromatic carbocycles. The predicted molar refractivity (Wildman–Crippen MR) is 169 cm³/mol. The lowest BCUT2D eigenvalue weighted by atomic mass is 9.89. The minimum Gasteiger partial charge on any atom is -0.497 e. The summed E-state index contributed by atoms with van der Waals surface area (Å²) in [6, 6.07) is 20.6. The highest BCUT2D eigenvalue weighted by molar-refractivity contribution is 7.20. The second-order valence-corrected chi connectivity index (χ2v) is 11.3. The lowest BCUT2D eigenvalue weighted by molar-refractivity contribution is -0.124. The van der Waals surface area contributed by atoms with Crippen LogP contribution in [0.3, 0.4) is 0 Å². The predicted octanol–water partition coefficient (Wildman–Crippen LogP) is 6.82. The first-order valence-corrected chi connectivity index (χ1v) is 15.3. The van der Waals surface area contributed by atoms with Crippen LogP contribution in [0.1, 0.15) is 52.1 Å². The highest BCUT2D eigenvalue weighted by Gasteiger charge is 2.31. The number of ether oxygens (including phenoxy) is 3. The van der Waals surface area contributed by atoms with Crippen molar-refractivity contribution in [3.05, 3.63) is 89.0 Å². The van der Waals surface area contributed by atoms with Crippen LogP contribution in [0.25, 0.3) is 32.9 Å². The minimum absolute atomic E-state index is 0.213. The van der Waals surface area contributed by atoms with Crippen molar-refractivity contribution in [2.75, 3.05) is 19.0 Å². The van der Waals surface area contributed by atoms with Crippen molar-refractivity contribution in [3.8, 4) is 27.6 Å². The lowest BCUT2D eigenvalue weighted by Crippen LogP contribution is -2.32. The molecule has 0 saturated heterocycles. The molecular formula is C34H31N3O6S. The number of hydrogen-bond donors (Lipinski definition) is 2. The van der Waals surface area contributed by atoms with E-state index in [0.717, 1.165) is 33.7 Å². The van der Waals surface area contributed by atoms with Crippen molar-refractivity contribution >= 4 is 45.2 Å². The number of methoxy groups -OCH3 is 1. The summed E-state index contributed by atoms with van der Waals surface area (Å²) in [7, 11) is 1.61. The number of aromatic nitrogens is 2. The Morgan fingerprint density at radius 3 is 2.55 bits per heavy atom. The van der Waals surface area contributed by atoms with Crippen LogP contribution in [-0.4, -0.2) is 47.6 Å². The van der Waals surface area contributed by atoms with E-state index in [1.807, 2.05) is 42.5 Å². The third-order valence-electron chi connectivity index (χ3n) is 7.62. The topological polar surface area (TPSA) is 120 Å². The number of carbonyl (C=O) groups is 3. The number of thiophene rings is 1. The molecule has 1 amide bonds. The summed E-state index contributed by atoms with van der Waals surface area (Å²) in [6.45, 7) is 3.72. The number of esters is 2. The molecule has 0 fully saturated rings. The maximum absolute atomic E-state index is 13.5. The average molecular weight is 610 g/mol. The summed E-state index contributed by atoms with van der Waals surface area (Å²) in [5.74, 6) is -0.239. The number of nitrogens with zero attached hydrogens (tertiary/aromatic N) is 1. The SMILES string of the molecule is CCOC(=O)c1c(NC(=O)C(CC)OC(=O)c2ccc3nc(-c4ccc(OC)cc4)[nH]c3c2)sc2c1CCc1ccccc1-2. The highest BCUT2D eigenvalue weighted by Crippen LogP contribution is 2.45. The number of imidazole rings is 1. The number of carbonyl (C=O) groups excluding carboxylic acids is 3. The van der Waals surface area contributed by atoms with E-state index < -0.39 is 23.9 Å². The fourth-order valence-corrected chi connectivity index (χ4v) is 6.68. The minimum atomic E-state index is -1.07. The van der Waals surface area contributed by atoms with Crippen LogP contribution in [0.15, 0.2) is 66.7 Å². The molecule has 1 aliphatic carbocycles. The van der Waals surface area contributed by atoms with Gasteiger partial charge < -0.3 is 24.5 Å². The van der Waals surface area contributed by atoms with Gasteiger partial charge in [-0.3, -0.25) is 4.79 Å². The van der Waals surface area contributed by atoms with Crippen LogP contribution < -0.4 is 10.1 Å². The van der Waals surface area contributed by atoms with Crippen LogP contribution in [0.5, 0.6) is 5.75 Å². The fourth-order valence-electron chi connectivity index (χ4n) is 5.38. The molecule has 44 heavy (non-hydrogen) atoms. The molecule has 5 aromatic rings. The Hall–Kier alpha value is -4.96. The fraction of sp³-hybridized carbons (Fsp3) is 0.235. The smallest absolute Gasteiger partial charge is 0.341 e. The molecule has 0 radical (unpaired) electrons. The van der Waals surface area contributed by atoms with Gasteiger partial charge in [0.15, 0.2) is 6.10 Å². The van der Waals surface area contributed by atoms with Crippen molar-refractivity contribution in [1.29, 1.82) is 0 Å². The normalized spacial score (nSPS) is 12.6. The Bertz CT molecular complexity index is 1870. The molecule has 0 saturated carbocycles. The van der Waals surface area contributed by atoms with Gasteiger partial charge in [-0.1, -0.05) is 31.2 Å². The lowest BCUT2D eigenvalue weighted by Gasteiger charge is -2.17. The van der Waals surface area contributed by atoms with Crippen molar-refractivity contribution in [2.45, 2.75) is 39.2 Å². The van der Waals surface area contributed by atoms with Gasteiger partial charge in [-0.2, -0.15) is 0 Å². The Balaban J connectivity index is 1.22. The van der Waals surface area contributed by atoms with E-state index in [2.05, 4.69) is 21.4 Å². The van der Waals surface area contributed by atoms with Gasteiger partial charge in [-0.15, -0.1) is 11.3 Å². The van der Waals surface area contributed by atoms with Crippen molar-refractivity contribution in [2.24, 2.45) is 0 Å². The van der Waals surface area contributed by atoms with E-state index in [1.165, 1.54) is 16.9 Å². The number of amides is 1. The zero-order chi connectivity index (χ0) is 30.8. The molecule has 0 spiro atoms. The first-order chi connectivity index (χ1) is 21.4. The van der Waals surface area contributed by atoms with Crippen LogP contribution in [0.2, 0.25) is 0 Å². The van der Waals surface area contributed by atoms with Crippen LogP contribution in [-0.2, 0) is 27.1 Å². The summed E-state index contributed by atoms with van der Waals surface area (Å²) in [6.07, 6.45) is 0.622. The monoisotopic (exact) mass is 609 g/mol. The number of aromatic amines is 1. The first-order valence-electron chi connectivity index (χ1n) is 14.5. The Morgan fingerprint density at radius 2 is 1.80 bits per heavy atom. The molecule has 0 bridgehead atoms. The summed E-state index contributed by atoms with van der Waals surface area (Å²) in [4.78, 5) is 48.5. The van der Waals surface area contributed by atoms with Gasteiger partial charge in [0.2, 0.25) is 0 Å². The first kappa shape index (κ1) is 29.1. The molecule has 6 rings (SSSR count). The second kappa shape index (κ2) is 12.3. The molecule has 1 unspecified atom stereocenters. The third-order valence-corrected chi connectivity index (χ3v) is 8.80. The van der Waals surface area contributed by atoms with E-state index in [-0.39, 0.29) is 18.6 Å². The maximum Gasteiger partial charge on any atom is 0.341 e. The van der Waals surface area contributed by atoms with Crippen LogP contribution in [0.4, 0.5) is 5.00 Å². The van der Waals surface area contributed by atoms with Crippen LogP contribution >= 0.6 is 11.3 Å². The van der Waals surface area contributed by atoms with Crippen molar-refractivity contribution in [1.82, 2.24) is 9.97 Å². The number of hydrogen-bond acceptors (Lipinski definition) is 8. The zero-order valence-corrected chi connectivity index (χ0v) is 25.4. The van der Waals surface area contributed by atoms with Gasteiger partial charge in [-0.25, -0.2) is 14.6 Å². The largest absolute Gasteiger partial charge is 0.497 e. The van der Waals surface area contributed by atoms with E-state index >= 15 is 0 Å². The van der Waals surface area contributed by atoms with E-state index in [9.17, 15) is 14.4 Å². The summed E-state index contributed by atoms with van der Waals surface area (Å²) in [5.41, 5.74) is 5.98. The number of anilines is 1. The molecular weight excluding hydrogens is 578 g/mol. The quantitative estimate of drug-likeness (QED) is 0.176. The summed E-state index contributed by atoms with van der Waals surface area (Å²) >= 11 is 1.34. The zero-order valence-electron chi connectivity index (χ0n) is 24.6. The van der Waals surface area contributed by atoms with Gasteiger partial charge in [0.25, 0.3) is 5.91 Å². The molecule has 224 valence electrons. The van der Waals surface area contributed by atoms with Gasteiger partial charge >= 0.3 is 11.9 Å². The summed E-state index contributed by atoms with van der Waals surface area (Å²) < 4.78 is 16.3. The maximum atomic E-state index is 13.5. The van der Waals surface area contributed by atoms with Crippen molar-refractivity contribution < 1.29 is 28.6 Å². The number of nitrogens with one attached hydrogen (secondary N) is 2. The van der Waals surface area contributed by atoms with E-state index in [1.54, 1.807) is 39.2 Å². The molecule has 1 atom stereocenters. The van der Waals surface area contributed by atoms with E-state index in [0.29, 0.717) is 33.8 Å². The standard InChI is InChI=1S/C34H31N3O6S/c1-4-27(43-33(39)21-13-17-25-26(18-21)36-30(35-25)20-10-14-22(41-3)15-11-20)31(38)37-32-28(34(40)42-5-2)24-16-12-19-8-6-7-9-23(19)29(24)44-32/h6-11,13-15,17-18,27H,4-5,12,16H2,1-3H3,(H,35,36)(H,37,38). The summed E-state index contributed by atoms with van der Waals surface area (Å²) in [5, 5.41) is 3.28. The molecule has 2 heterocycles. The molecule has 1 aliphatic rings. The van der Waals surface area contributed by atoms with Gasteiger partial charge in [0.05, 0.1) is 35.9 Å². The van der Waals surface area contributed by atoms with E-state index in [4.69, 9.17) is 14.2 Å². The van der Waals surface area contributed by atoms with Gasteiger partial charge in [0, 0.05) is 10.4 Å². The molecule has 10 heteroatoms. The number of H-pyrrole nitrogens is 1. The Kier molecular flexibility index (Phi) is 8.17. The third kappa shape index (κ3) is 5.56. The number of fused-ring (bicyclic) bond motifs is 4. The molecule has 0 aliphatic heterocycles. The number of rotatable bonds is 9. The van der Waals surface area contributed by atoms with Crippen LogP contribution in [0, 0.1) is 0 Å². The Labute approximate surface area is 258 Å². The molecule has 9 nitrogen and oxygen atoms in total. The number of aryl methyl sites for hydroxylation is 1. The highest BCUT2D eigenvalue weighted by atomic mass is 32.1. The Morgan fingerprint density at radius 1 is 1.00 bits per heavy atom.